The molecule has 0 saturated carbocycles. The molecule has 0 aromatic carbocycles. The Kier molecular flexibility index (Phi) is 3.06. The molecule has 2 fully saturated rings. The van der Waals surface area contributed by atoms with Crippen molar-refractivity contribution in [3.63, 3.8) is 0 Å². The first-order valence-electron chi connectivity index (χ1n) is 5.82. The molecule has 0 aromatic rings. The van der Waals surface area contributed by atoms with Gasteiger partial charge in [-0.3, -0.25) is 4.79 Å². The van der Waals surface area contributed by atoms with E-state index in [-0.39, 0.29) is 0 Å². The van der Waals surface area contributed by atoms with Crippen molar-refractivity contribution < 1.29 is 4.79 Å². The molecule has 14 heavy (non-hydrogen) atoms. The van der Waals surface area contributed by atoms with Gasteiger partial charge in [0.2, 0.25) is 5.91 Å². The van der Waals surface area contributed by atoms with Crippen molar-refractivity contribution in [2.75, 3.05) is 19.6 Å². The van der Waals surface area contributed by atoms with E-state index in [0.29, 0.717) is 11.9 Å². The average molecular weight is 196 g/mol. The molecule has 0 bridgehead atoms. The van der Waals surface area contributed by atoms with Gasteiger partial charge in [-0.05, 0) is 31.7 Å². The minimum absolute atomic E-state index is 0.351. The predicted octanol–water partition coefficient (Wildman–Crippen LogP) is 0.997. The molecule has 2 rings (SSSR count). The normalized spacial score (nSPS) is 31.6. The van der Waals surface area contributed by atoms with Crippen LogP contribution >= 0.6 is 0 Å². The smallest absolute Gasteiger partial charge is 0.222 e. The Bertz CT molecular complexity index is 203. The van der Waals surface area contributed by atoms with Gasteiger partial charge in [-0.25, -0.2) is 0 Å². The molecule has 1 N–H and O–H groups in total. The van der Waals surface area contributed by atoms with E-state index < -0.39 is 0 Å². The highest BCUT2D eigenvalue weighted by Gasteiger charge is 2.35. The van der Waals surface area contributed by atoms with Crippen LogP contribution in [-0.4, -0.2) is 36.5 Å². The first-order chi connectivity index (χ1) is 6.81. The van der Waals surface area contributed by atoms with Crippen molar-refractivity contribution in [3.05, 3.63) is 0 Å². The Hall–Kier alpha value is -0.570. The molecule has 80 valence electrons. The first-order valence-corrected chi connectivity index (χ1v) is 5.82. The van der Waals surface area contributed by atoms with Crippen LogP contribution in [-0.2, 0) is 4.79 Å². The maximum Gasteiger partial charge on any atom is 0.222 e. The van der Waals surface area contributed by atoms with E-state index in [4.69, 9.17) is 0 Å². The van der Waals surface area contributed by atoms with Crippen molar-refractivity contribution in [1.82, 2.24) is 10.2 Å². The van der Waals surface area contributed by atoms with E-state index in [1.54, 1.807) is 0 Å². The minimum atomic E-state index is 0.351. The molecular weight excluding hydrogens is 176 g/mol. The number of hydrogen-bond acceptors (Lipinski definition) is 2. The molecule has 0 aromatic heterocycles. The fraction of sp³-hybridized carbons (Fsp3) is 0.909. The summed E-state index contributed by atoms with van der Waals surface area (Å²) in [5.74, 6) is 1.08. The summed E-state index contributed by atoms with van der Waals surface area (Å²) < 4.78 is 0. The second-order valence-electron chi connectivity index (χ2n) is 4.51. The van der Waals surface area contributed by atoms with Crippen molar-refractivity contribution in [3.8, 4) is 0 Å². The van der Waals surface area contributed by atoms with Crippen molar-refractivity contribution in [1.29, 1.82) is 0 Å². The summed E-state index contributed by atoms with van der Waals surface area (Å²) in [5.41, 5.74) is 0. The van der Waals surface area contributed by atoms with Crippen LogP contribution in [0, 0.1) is 5.92 Å². The summed E-state index contributed by atoms with van der Waals surface area (Å²) in [6.45, 7) is 5.15. The SMILES string of the molecule is CCCC(=O)N1CC2CCCNC2C1. The highest BCUT2D eigenvalue weighted by atomic mass is 16.2. The quantitative estimate of drug-likeness (QED) is 0.714. The lowest BCUT2D eigenvalue weighted by molar-refractivity contribution is -0.130. The van der Waals surface area contributed by atoms with Crippen LogP contribution in [0.5, 0.6) is 0 Å². The van der Waals surface area contributed by atoms with Crippen LogP contribution in [0.15, 0.2) is 0 Å². The van der Waals surface area contributed by atoms with Gasteiger partial charge < -0.3 is 10.2 Å². The fourth-order valence-corrected chi connectivity index (χ4v) is 2.62. The number of nitrogens with zero attached hydrogens (tertiary/aromatic N) is 1. The second kappa shape index (κ2) is 4.30. The summed E-state index contributed by atoms with van der Waals surface area (Å²) in [4.78, 5) is 13.7. The van der Waals surface area contributed by atoms with E-state index in [1.165, 1.54) is 12.8 Å². The fourth-order valence-electron chi connectivity index (χ4n) is 2.62. The van der Waals surface area contributed by atoms with Crippen LogP contribution in [0.4, 0.5) is 0 Å². The van der Waals surface area contributed by atoms with Crippen molar-refractivity contribution in [2.45, 2.75) is 38.6 Å². The predicted molar refractivity (Wildman–Crippen MR) is 56.0 cm³/mol. The highest BCUT2D eigenvalue weighted by molar-refractivity contribution is 5.76. The number of nitrogens with one attached hydrogen (secondary N) is 1. The van der Waals surface area contributed by atoms with E-state index in [9.17, 15) is 4.79 Å². The number of rotatable bonds is 2. The summed E-state index contributed by atoms with van der Waals surface area (Å²) in [7, 11) is 0. The number of carbonyl (C=O) groups excluding carboxylic acids is 1. The van der Waals surface area contributed by atoms with Crippen molar-refractivity contribution >= 4 is 5.91 Å². The van der Waals surface area contributed by atoms with Gasteiger partial charge in [-0.1, -0.05) is 6.92 Å². The Morgan fingerprint density at radius 2 is 2.36 bits per heavy atom. The molecule has 0 aliphatic carbocycles. The molecule has 2 heterocycles. The topological polar surface area (TPSA) is 32.3 Å². The molecule has 3 heteroatoms. The summed E-state index contributed by atoms with van der Waals surface area (Å²) in [6, 6.07) is 0.588. The Morgan fingerprint density at radius 1 is 1.50 bits per heavy atom. The lowest BCUT2D eigenvalue weighted by Gasteiger charge is -2.24. The lowest BCUT2D eigenvalue weighted by atomic mass is 9.94. The molecular formula is C11H20N2O. The molecule has 2 unspecified atom stereocenters. The third-order valence-electron chi connectivity index (χ3n) is 3.42. The van der Waals surface area contributed by atoms with Gasteiger partial charge in [0.1, 0.15) is 0 Å². The monoisotopic (exact) mass is 196 g/mol. The van der Waals surface area contributed by atoms with E-state index >= 15 is 0 Å². The molecule has 2 aliphatic rings. The van der Waals surface area contributed by atoms with E-state index in [0.717, 1.165) is 38.4 Å². The Morgan fingerprint density at radius 3 is 3.07 bits per heavy atom. The summed E-state index contributed by atoms with van der Waals surface area (Å²) >= 11 is 0. The maximum absolute atomic E-state index is 11.7. The molecule has 3 nitrogen and oxygen atoms in total. The first kappa shape index (κ1) is 9.97. The van der Waals surface area contributed by atoms with Crippen LogP contribution < -0.4 is 5.32 Å². The van der Waals surface area contributed by atoms with Gasteiger partial charge in [0.25, 0.3) is 0 Å². The molecule has 2 atom stereocenters. The van der Waals surface area contributed by atoms with Gasteiger partial charge >= 0.3 is 0 Å². The Balaban J connectivity index is 1.89. The molecule has 0 spiro atoms. The number of amides is 1. The van der Waals surface area contributed by atoms with Crippen LogP contribution in [0.25, 0.3) is 0 Å². The summed E-state index contributed by atoms with van der Waals surface area (Å²) in [6.07, 6.45) is 4.27. The van der Waals surface area contributed by atoms with Gasteiger partial charge in [-0.2, -0.15) is 0 Å². The third kappa shape index (κ3) is 1.92. The van der Waals surface area contributed by atoms with E-state index in [2.05, 4.69) is 17.1 Å². The average Bonchev–Trinajstić information content (AvgIpc) is 2.61. The Labute approximate surface area is 85.8 Å². The zero-order valence-electron chi connectivity index (χ0n) is 8.96. The lowest BCUT2D eigenvalue weighted by Crippen LogP contribution is -2.41. The van der Waals surface area contributed by atoms with Crippen molar-refractivity contribution in [2.24, 2.45) is 5.92 Å². The minimum Gasteiger partial charge on any atom is -0.341 e. The molecule has 1 amide bonds. The van der Waals surface area contributed by atoms with Crippen LogP contribution in [0.1, 0.15) is 32.6 Å². The number of likely N-dealkylation sites (tertiary alicyclic amines) is 1. The van der Waals surface area contributed by atoms with Gasteiger partial charge in [0.15, 0.2) is 0 Å². The van der Waals surface area contributed by atoms with Crippen LogP contribution in [0.3, 0.4) is 0 Å². The molecule has 2 aliphatic heterocycles. The largest absolute Gasteiger partial charge is 0.341 e. The number of carbonyl (C=O) groups is 1. The maximum atomic E-state index is 11.7. The zero-order valence-corrected chi connectivity index (χ0v) is 8.96. The molecule has 2 saturated heterocycles. The zero-order chi connectivity index (χ0) is 9.97. The number of fused-ring (bicyclic) bond motifs is 1. The number of hydrogen-bond donors (Lipinski definition) is 1. The third-order valence-corrected chi connectivity index (χ3v) is 3.42. The van der Waals surface area contributed by atoms with Gasteiger partial charge in [0, 0.05) is 25.6 Å². The van der Waals surface area contributed by atoms with Crippen LogP contribution in [0.2, 0.25) is 0 Å². The highest BCUT2D eigenvalue weighted by Crippen LogP contribution is 2.25. The van der Waals surface area contributed by atoms with Gasteiger partial charge in [0.05, 0.1) is 0 Å². The van der Waals surface area contributed by atoms with Gasteiger partial charge in [-0.15, -0.1) is 0 Å². The second-order valence-corrected chi connectivity index (χ2v) is 4.51. The molecule has 0 radical (unpaired) electrons. The van der Waals surface area contributed by atoms with E-state index in [1.807, 2.05) is 0 Å². The standard InChI is InChI=1S/C11H20N2O/c1-2-4-11(14)13-7-9-5-3-6-12-10(9)8-13/h9-10,12H,2-8H2,1H3. The summed E-state index contributed by atoms with van der Waals surface area (Å²) in [5, 5.41) is 3.51. The number of piperidine rings is 1.